The average Bonchev–Trinajstić information content (AvgIpc) is 2.39. The third-order valence-electron chi connectivity index (χ3n) is 2.86. The Hall–Kier alpha value is -1.44. The second-order valence-corrected chi connectivity index (χ2v) is 6.73. The third kappa shape index (κ3) is 4.03. The minimum atomic E-state index is -3.52. The highest BCUT2D eigenvalue weighted by Crippen LogP contribution is 2.16. The molecule has 0 unspecified atom stereocenters. The molecule has 0 aromatic heterocycles. The monoisotopic (exact) mass is 299 g/mol. The molecule has 7 heteroatoms. The van der Waals surface area contributed by atoms with Crippen LogP contribution >= 0.6 is 0 Å². The van der Waals surface area contributed by atoms with E-state index in [0.29, 0.717) is 12.2 Å². The van der Waals surface area contributed by atoms with Crippen LogP contribution in [0, 0.1) is 0 Å². The lowest BCUT2D eigenvalue weighted by atomic mass is 10.0. The van der Waals surface area contributed by atoms with Crippen LogP contribution in [0.2, 0.25) is 0 Å². The lowest BCUT2D eigenvalue weighted by Crippen LogP contribution is -2.49. The van der Waals surface area contributed by atoms with Gasteiger partial charge in [0.2, 0.25) is 15.9 Å². The van der Waals surface area contributed by atoms with Crippen LogP contribution in [0.1, 0.15) is 20.8 Å². The number of hydrogen-bond acceptors (Lipinski definition) is 4. The van der Waals surface area contributed by atoms with E-state index < -0.39 is 15.6 Å². The highest BCUT2D eigenvalue weighted by molar-refractivity contribution is 7.89. The average molecular weight is 299 g/mol. The maximum absolute atomic E-state index is 12.1. The number of hydrogen-bond donors (Lipinski definition) is 3. The number of nitrogens with one attached hydrogen (secondary N) is 3. The molecular weight excluding hydrogens is 278 g/mol. The zero-order valence-corrected chi connectivity index (χ0v) is 13.0. The summed E-state index contributed by atoms with van der Waals surface area (Å²) >= 11 is 0. The van der Waals surface area contributed by atoms with Crippen molar-refractivity contribution < 1.29 is 13.2 Å². The Balaban J connectivity index is 2.95. The number of amides is 1. The van der Waals surface area contributed by atoms with Crippen LogP contribution < -0.4 is 15.4 Å². The number of carbonyl (C=O) groups excluding carboxylic acids is 1. The van der Waals surface area contributed by atoms with Crippen molar-refractivity contribution in [2.24, 2.45) is 0 Å². The van der Waals surface area contributed by atoms with Crippen molar-refractivity contribution >= 4 is 21.6 Å². The first kappa shape index (κ1) is 16.6. The van der Waals surface area contributed by atoms with Gasteiger partial charge in [-0.2, -0.15) is 0 Å². The Morgan fingerprint density at radius 1 is 1.30 bits per heavy atom. The summed E-state index contributed by atoms with van der Waals surface area (Å²) in [6.07, 6.45) is 0. The molecule has 1 aromatic carbocycles. The largest absolute Gasteiger partial charge is 0.324 e. The van der Waals surface area contributed by atoms with Gasteiger partial charge < -0.3 is 10.6 Å². The zero-order valence-electron chi connectivity index (χ0n) is 12.1. The molecule has 6 nitrogen and oxygen atoms in total. The first-order chi connectivity index (χ1) is 9.23. The fraction of sp³-hybridized carbons (Fsp3) is 0.462. The predicted molar refractivity (Wildman–Crippen MR) is 79.1 cm³/mol. The van der Waals surface area contributed by atoms with Crippen LogP contribution in [0.5, 0.6) is 0 Å². The molecule has 3 N–H and O–H groups in total. The van der Waals surface area contributed by atoms with E-state index in [2.05, 4.69) is 15.4 Å². The van der Waals surface area contributed by atoms with Gasteiger partial charge in [0.1, 0.15) is 0 Å². The normalized spacial score (nSPS) is 12.2. The van der Waals surface area contributed by atoms with E-state index in [9.17, 15) is 13.2 Å². The highest BCUT2D eigenvalue weighted by Gasteiger charge is 2.26. The molecule has 0 bridgehead atoms. The van der Waals surface area contributed by atoms with E-state index in [-0.39, 0.29) is 10.8 Å². The minimum Gasteiger partial charge on any atom is -0.324 e. The molecule has 112 valence electrons. The molecule has 20 heavy (non-hydrogen) atoms. The van der Waals surface area contributed by atoms with Crippen LogP contribution in [0.3, 0.4) is 0 Å². The zero-order chi connectivity index (χ0) is 15.4. The summed E-state index contributed by atoms with van der Waals surface area (Å²) < 4.78 is 25.6. The molecule has 1 rings (SSSR count). The van der Waals surface area contributed by atoms with Crippen molar-refractivity contribution in [2.45, 2.75) is 31.2 Å². The van der Waals surface area contributed by atoms with Crippen molar-refractivity contribution in [3.8, 4) is 0 Å². The lowest BCUT2D eigenvalue weighted by molar-refractivity contribution is -0.121. The van der Waals surface area contributed by atoms with Gasteiger partial charge in [0.05, 0.1) is 10.4 Å². The first-order valence-corrected chi connectivity index (χ1v) is 7.81. The smallest absolute Gasteiger partial charge is 0.244 e. The van der Waals surface area contributed by atoms with Crippen LogP contribution in [-0.2, 0) is 14.8 Å². The molecule has 0 saturated heterocycles. The summed E-state index contributed by atoms with van der Waals surface area (Å²) in [6, 6.07) is 6.12. The van der Waals surface area contributed by atoms with E-state index >= 15 is 0 Å². The Bertz CT molecular complexity index is 582. The second kappa shape index (κ2) is 6.34. The minimum absolute atomic E-state index is 0.110. The molecule has 0 heterocycles. The molecular formula is C13H21N3O3S. The summed E-state index contributed by atoms with van der Waals surface area (Å²) in [5, 5.41) is 5.77. The molecule has 0 radical (unpaired) electrons. The SMILES string of the molecule is CCNC(C)(C)C(=O)Nc1cccc(S(=O)(=O)NC)c1. The summed E-state index contributed by atoms with van der Waals surface area (Å²) in [6.45, 7) is 6.10. The molecule has 0 fully saturated rings. The van der Waals surface area contributed by atoms with Gasteiger partial charge in [-0.15, -0.1) is 0 Å². The van der Waals surface area contributed by atoms with Crippen LogP contribution in [0.4, 0.5) is 5.69 Å². The number of benzene rings is 1. The molecule has 0 spiro atoms. The maximum atomic E-state index is 12.1. The molecule has 0 saturated carbocycles. The van der Waals surface area contributed by atoms with Gasteiger partial charge in [-0.05, 0) is 45.6 Å². The van der Waals surface area contributed by atoms with E-state index in [1.807, 2.05) is 6.92 Å². The Morgan fingerprint density at radius 2 is 1.95 bits per heavy atom. The van der Waals surface area contributed by atoms with Crippen molar-refractivity contribution in [3.05, 3.63) is 24.3 Å². The maximum Gasteiger partial charge on any atom is 0.244 e. The van der Waals surface area contributed by atoms with Crippen LogP contribution in [-0.4, -0.2) is 33.5 Å². The number of anilines is 1. The first-order valence-electron chi connectivity index (χ1n) is 6.33. The molecule has 0 aliphatic rings. The Morgan fingerprint density at radius 3 is 2.50 bits per heavy atom. The molecule has 1 amide bonds. The van der Waals surface area contributed by atoms with Gasteiger partial charge >= 0.3 is 0 Å². The van der Waals surface area contributed by atoms with Crippen molar-refractivity contribution in [2.75, 3.05) is 18.9 Å². The van der Waals surface area contributed by atoms with E-state index in [4.69, 9.17) is 0 Å². The standard InChI is InChI=1S/C13H21N3O3S/c1-5-15-13(2,3)12(17)16-10-7-6-8-11(9-10)20(18,19)14-4/h6-9,14-15H,5H2,1-4H3,(H,16,17). The summed E-state index contributed by atoms with van der Waals surface area (Å²) in [5.74, 6) is -0.224. The van der Waals surface area contributed by atoms with Crippen LogP contribution in [0.25, 0.3) is 0 Å². The molecule has 0 atom stereocenters. The topological polar surface area (TPSA) is 87.3 Å². The van der Waals surface area contributed by atoms with Crippen molar-refractivity contribution in [1.29, 1.82) is 0 Å². The fourth-order valence-electron chi connectivity index (χ4n) is 1.67. The second-order valence-electron chi connectivity index (χ2n) is 4.84. The van der Waals surface area contributed by atoms with Gasteiger partial charge in [0, 0.05) is 5.69 Å². The summed E-state index contributed by atoms with van der Waals surface area (Å²) in [4.78, 5) is 12.2. The van der Waals surface area contributed by atoms with Gasteiger partial charge in [-0.25, -0.2) is 13.1 Å². The lowest BCUT2D eigenvalue weighted by Gasteiger charge is -2.24. The number of carbonyl (C=O) groups is 1. The van der Waals surface area contributed by atoms with Crippen LogP contribution in [0.15, 0.2) is 29.2 Å². The van der Waals surface area contributed by atoms with E-state index in [1.165, 1.54) is 19.2 Å². The number of rotatable bonds is 6. The Kier molecular flexibility index (Phi) is 5.27. The van der Waals surface area contributed by atoms with Gasteiger partial charge in [0.25, 0.3) is 0 Å². The molecule has 0 aliphatic heterocycles. The third-order valence-corrected chi connectivity index (χ3v) is 4.27. The van der Waals surface area contributed by atoms with Gasteiger partial charge in [0.15, 0.2) is 0 Å². The highest BCUT2D eigenvalue weighted by atomic mass is 32.2. The Labute approximate surface area is 120 Å². The summed E-state index contributed by atoms with van der Waals surface area (Å²) in [7, 11) is -2.18. The van der Waals surface area contributed by atoms with Gasteiger partial charge in [-0.1, -0.05) is 13.0 Å². The van der Waals surface area contributed by atoms with E-state index in [0.717, 1.165) is 0 Å². The number of likely N-dealkylation sites (N-methyl/N-ethyl adjacent to an activating group) is 1. The van der Waals surface area contributed by atoms with Crippen molar-refractivity contribution in [3.63, 3.8) is 0 Å². The fourth-order valence-corrected chi connectivity index (χ4v) is 2.44. The van der Waals surface area contributed by atoms with Gasteiger partial charge in [-0.3, -0.25) is 4.79 Å². The van der Waals surface area contributed by atoms with E-state index in [1.54, 1.807) is 26.0 Å². The number of sulfonamides is 1. The molecule has 1 aromatic rings. The quantitative estimate of drug-likeness (QED) is 0.729. The van der Waals surface area contributed by atoms with Crippen molar-refractivity contribution in [1.82, 2.24) is 10.0 Å². The predicted octanol–water partition coefficient (Wildman–Crippen LogP) is 0.921. The summed E-state index contributed by atoms with van der Waals surface area (Å²) in [5.41, 5.74) is -0.288. The molecule has 0 aliphatic carbocycles.